The molecule has 30 heavy (non-hydrogen) atoms. The third-order valence-corrected chi connectivity index (χ3v) is 4.94. The van der Waals surface area contributed by atoms with Crippen LogP contribution in [0.15, 0.2) is 54.7 Å². The summed E-state index contributed by atoms with van der Waals surface area (Å²) in [6.07, 6.45) is 1.72. The van der Waals surface area contributed by atoms with Crippen LogP contribution in [0.25, 0.3) is 0 Å². The number of rotatable bonds is 4. The van der Waals surface area contributed by atoms with E-state index in [2.05, 4.69) is 36.8 Å². The summed E-state index contributed by atoms with van der Waals surface area (Å²) in [4.78, 5) is 20.8. The number of carbonyl (C=O) groups is 1. The van der Waals surface area contributed by atoms with Crippen molar-refractivity contribution in [2.75, 3.05) is 41.7 Å². The smallest absolute Gasteiger partial charge is 0.321 e. The van der Waals surface area contributed by atoms with Crippen molar-refractivity contribution in [2.45, 2.75) is 13.8 Å². The average Bonchev–Trinajstić information content (AvgIpc) is 2.74. The predicted molar refractivity (Wildman–Crippen MR) is 118 cm³/mol. The van der Waals surface area contributed by atoms with Crippen molar-refractivity contribution in [2.24, 2.45) is 0 Å². The zero-order valence-electron chi connectivity index (χ0n) is 17.2. The van der Waals surface area contributed by atoms with Crippen molar-refractivity contribution in [3.05, 3.63) is 65.9 Å². The van der Waals surface area contributed by atoms with Gasteiger partial charge in [-0.05, 0) is 61.4 Å². The van der Waals surface area contributed by atoms with Crippen LogP contribution >= 0.6 is 0 Å². The van der Waals surface area contributed by atoms with Crippen LogP contribution in [0.5, 0.6) is 0 Å². The summed E-state index contributed by atoms with van der Waals surface area (Å²) in [7, 11) is 0. The molecule has 2 N–H and O–H groups in total. The molecule has 154 valence electrons. The van der Waals surface area contributed by atoms with E-state index >= 15 is 0 Å². The third-order valence-electron chi connectivity index (χ3n) is 4.94. The molecule has 1 aliphatic rings. The summed E-state index contributed by atoms with van der Waals surface area (Å²) < 4.78 is 0. The van der Waals surface area contributed by atoms with Gasteiger partial charge in [-0.25, -0.2) is 9.78 Å². The molecule has 4 rings (SSSR count). The van der Waals surface area contributed by atoms with E-state index in [4.69, 9.17) is 0 Å². The van der Waals surface area contributed by atoms with Crippen LogP contribution in [0.4, 0.5) is 27.9 Å². The largest absolute Gasteiger partial charge is 0.352 e. The maximum atomic E-state index is 12.6. The van der Waals surface area contributed by atoms with Gasteiger partial charge in [-0.3, -0.25) is 0 Å². The molecule has 0 bridgehead atoms. The van der Waals surface area contributed by atoms with Gasteiger partial charge in [-0.1, -0.05) is 12.1 Å². The minimum Gasteiger partial charge on any atom is -0.352 e. The van der Waals surface area contributed by atoms with Crippen LogP contribution in [0.2, 0.25) is 0 Å². The van der Waals surface area contributed by atoms with E-state index in [-0.39, 0.29) is 6.03 Å². The highest BCUT2D eigenvalue weighted by atomic mass is 16.2. The molecule has 0 spiro atoms. The first-order valence-corrected chi connectivity index (χ1v) is 9.98. The summed E-state index contributed by atoms with van der Waals surface area (Å²) in [5, 5.41) is 14.7. The lowest BCUT2D eigenvalue weighted by Gasteiger charge is -2.35. The van der Waals surface area contributed by atoms with Crippen molar-refractivity contribution >= 4 is 29.2 Å². The number of nitrogens with zero attached hydrogens (tertiary/aromatic N) is 5. The Labute approximate surface area is 176 Å². The van der Waals surface area contributed by atoms with Gasteiger partial charge in [0.1, 0.15) is 5.82 Å². The number of hydrogen-bond donors (Lipinski definition) is 2. The number of nitrogens with one attached hydrogen (secondary N) is 2. The molecule has 0 unspecified atom stereocenters. The lowest BCUT2D eigenvalue weighted by atomic mass is 10.1. The molecule has 2 aromatic heterocycles. The second kappa shape index (κ2) is 8.77. The Kier molecular flexibility index (Phi) is 5.74. The fraction of sp³-hybridized carbons (Fsp3) is 0.273. The van der Waals surface area contributed by atoms with Crippen molar-refractivity contribution < 1.29 is 4.79 Å². The average molecular weight is 403 g/mol. The molecule has 1 aromatic carbocycles. The van der Waals surface area contributed by atoms with Gasteiger partial charge in [-0.2, -0.15) is 0 Å². The summed E-state index contributed by atoms with van der Waals surface area (Å²) in [5.41, 5.74) is 3.10. The molecule has 8 nitrogen and oxygen atoms in total. The number of benzene rings is 1. The number of hydrogen-bond acceptors (Lipinski definition) is 6. The highest BCUT2D eigenvalue weighted by Crippen LogP contribution is 2.18. The highest BCUT2D eigenvalue weighted by molar-refractivity contribution is 5.89. The Morgan fingerprint density at radius 1 is 0.900 bits per heavy atom. The minimum atomic E-state index is -0.0688. The predicted octanol–water partition coefficient (Wildman–Crippen LogP) is 3.59. The first-order chi connectivity index (χ1) is 14.6. The molecule has 1 aliphatic heterocycles. The van der Waals surface area contributed by atoms with Gasteiger partial charge in [0, 0.05) is 38.1 Å². The number of anilines is 4. The van der Waals surface area contributed by atoms with E-state index < -0.39 is 0 Å². The number of pyridine rings is 1. The molecule has 0 saturated carbocycles. The molecule has 3 aromatic rings. The Hall–Kier alpha value is -3.68. The molecular formula is C22H25N7O. The monoisotopic (exact) mass is 403 g/mol. The van der Waals surface area contributed by atoms with Crippen molar-refractivity contribution in [1.82, 2.24) is 20.1 Å². The van der Waals surface area contributed by atoms with Gasteiger partial charge in [-0.15, -0.1) is 10.2 Å². The van der Waals surface area contributed by atoms with Crippen LogP contribution in [0.1, 0.15) is 11.1 Å². The molecule has 3 heterocycles. The van der Waals surface area contributed by atoms with Gasteiger partial charge in [0.2, 0.25) is 0 Å². The second-order valence-corrected chi connectivity index (χ2v) is 7.40. The Morgan fingerprint density at radius 3 is 2.30 bits per heavy atom. The number of carbonyl (C=O) groups excluding carboxylic acids is 1. The lowest BCUT2D eigenvalue weighted by molar-refractivity contribution is 0.208. The Balaban J connectivity index is 1.31. The van der Waals surface area contributed by atoms with Crippen molar-refractivity contribution in [1.29, 1.82) is 0 Å². The first kappa shape index (κ1) is 19.6. The van der Waals surface area contributed by atoms with E-state index in [0.717, 1.165) is 28.5 Å². The summed E-state index contributed by atoms with van der Waals surface area (Å²) in [6.45, 7) is 6.74. The van der Waals surface area contributed by atoms with Gasteiger partial charge in [0.05, 0.1) is 0 Å². The quantitative estimate of drug-likeness (QED) is 0.692. The fourth-order valence-electron chi connectivity index (χ4n) is 3.52. The van der Waals surface area contributed by atoms with E-state index in [0.29, 0.717) is 32.0 Å². The second-order valence-electron chi connectivity index (χ2n) is 7.40. The molecule has 0 radical (unpaired) electrons. The molecule has 2 amide bonds. The van der Waals surface area contributed by atoms with Crippen LogP contribution < -0.4 is 15.5 Å². The summed E-state index contributed by atoms with van der Waals surface area (Å²) in [6, 6.07) is 15.5. The van der Waals surface area contributed by atoms with Gasteiger partial charge in [0.15, 0.2) is 11.6 Å². The number of urea groups is 1. The summed E-state index contributed by atoms with van der Waals surface area (Å²) in [5.74, 6) is 2.17. The van der Waals surface area contributed by atoms with Crippen molar-refractivity contribution in [3.63, 3.8) is 0 Å². The molecular weight excluding hydrogens is 378 g/mol. The molecule has 8 heteroatoms. The number of aromatic nitrogens is 3. The molecule has 1 saturated heterocycles. The van der Waals surface area contributed by atoms with Crippen LogP contribution in [0, 0.1) is 13.8 Å². The standard InChI is InChI=1S/C22H25N7O/c1-16-13-17(2)15-18(14-16)24-22(30)29-11-9-28(10-12-29)21-7-6-20(26-27-21)25-19-5-3-4-8-23-19/h3-8,13-15H,9-12H2,1-2H3,(H,24,30)(H,23,25,26). The number of amides is 2. The van der Waals surface area contributed by atoms with E-state index in [9.17, 15) is 4.79 Å². The van der Waals surface area contributed by atoms with Crippen molar-refractivity contribution in [3.8, 4) is 0 Å². The van der Waals surface area contributed by atoms with Crippen LogP contribution in [-0.2, 0) is 0 Å². The summed E-state index contributed by atoms with van der Waals surface area (Å²) >= 11 is 0. The highest BCUT2D eigenvalue weighted by Gasteiger charge is 2.22. The zero-order valence-corrected chi connectivity index (χ0v) is 17.2. The van der Waals surface area contributed by atoms with E-state index in [1.165, 1.54) is 0 Å². The van der Waals surface area contributed by atoms with Gasteiger partial charge in [0.25, 0.3) is 0 Å². The Bertz CT molecular complexity index is 980. The lowest BCUT2D eigenvalue weighted by Crippen LogP contribution is -2.50. The molecule has 0 aliphatic carbocycles. The zero-order chi connectivity index (χ0) is 20.9. The van der Waals surface area contributed by atoms with Gasteiger partial charge < -0.3 is 20.4 Å². The van der Waals surface area contributed by atoms with Crippen LogP contribution in [0.3, 0.4) is 0 Å². The maximum absolute atomic E-state index is 12.6. The normalized spacial score (nSPS) is 13.8. The minimum absolute atomic E-state index is 0.0688. The Morgan fingerprint density at radius 2 is 1.67 bits per heavy atom. The van der Waals surface area contributed by atoms with E-state index in [1.54, 1.807) is 6.20 Å². The van der Waals surface area contributed by atoms with Gasteiger partial charge >= 0.3 is 6.03 Å². The number of aryl methyl sites for hydroxylation is 2. The first-order valence-electron chi connectivity index (χ1n) is 9.98. The fourth-order valence-corrected chi connectivity index (χ4v) is 3.52. The molecule has 1 fully saturated rings. The topological polar surface area (TPSA) is 86.3 Å². The SMILES string of the molecule is Cc1cc(C)cc(NC(=O)N2CCN(c3ccc(Nc4ccccn4)nn3)CC2)c1. The third kappa shape index (κ3) is 4.83. The maximum Gasteiger partial charge on any atom is 0.321 e. The van der Waals surface area contributed by atoms with E-state index in [1.807, 2.05) is 61.2 Å². The number of piperazine rings is 1. The molecule has 0 atom stereocenters. The van der Waals surface area contributed by atoms with Crippen LogP contribution in [-0.4, -0.2) is 52.3 Å².